The van der Waals surface area contributed by atoms with E-state index in [1.807, 2.05) is 26.8 Å². The molecular weight excluding hydrogens is 409 g/mol. The first-order valence-electron chi connectivity index (χ1n) is 10.4. The minimum absolute atomic E-state index is 0.0767. The van der Waals surface area contributed by atoms with Gasteiger partial charge in [-0.05, 0) is 74.5 Å². The maximum absolute atomic E-state index is 12.3. The number of carboxylic acid groups (broad SMARTS) is 1. The van der Waals surface area contributed by atoms with Gasteiger partial charge in [0.15, 0.2) is 0 Å². The van der Waals surface area contributed by atoms with E-state index in [4.69, 9.17) is 28.0 Å². The van der Waals surface area contributed by atoms with Crippen molar-refractivity contribution in [3.63, 3.8) is 0 Å². The third kappa shape index (κ3) is 3.57. The van der Waals surface area contributed by atoms with Crippen LogP contribution >= 0.6 is 23.2 Å². The summed E-state index contributed by atoms with van der Waals surface area (Å²) >= 11 is 13.6. The minimum atomic E-state index is -0.834. The van der Waals surface area contributed by atoms with E-state index in [0.717, 1.165) is 35.2 Å². The molecule has 0 amide bonds. The van der Waals surface area contributed by atoms with Gasteiger partial charge in [0.05, 0.1) is 16.1 Å². The SMILES string of the molecule is CC(C)O/N=C1\C[C@H]2[C@](C)(C(=O)O)CCC[C@]2(C)c2cc(Cl)c(C(C)C)c(Cl)c21. The van der Waals surface area contributed by atoms with Crippen molar-refractivity contribution >= 4 is 34.9 Å². The van der Waals surface area contributed by atoms with Crippen LogP contribution in [0.15, 0.2) is 11.2 Å². The fourth-order valence-electron chi connectivity index (χ4n) is 5.35. The van der Waals surface area contributed by atoms with Crippen LogP contribution in [0.1, 0.15) is 89.8 Å². The van der Waals surface area contributed by atoms with Gasteiger partial charge < -0.3 is 9.94 Å². The summed E-state index contributed by atoms with van der Waals surface area (Å²) in [6.45, 7) is 12.0. The highest BCUT2D eigenvalue weighted by Gasteiger charge is 2.57. The average molecular weight is 440 g/mol. The van der Waals surface area contributed by atoms with Crippen molar-refractivity contribution in [3.05, 3.63) is 32.8 Å². The van der Waals surface area contributed by atoms with Gasteiger partial charge in [0, 0.05) is 10.6 Å². The number of rotatable bonds is 4. The summed E-state index contributed by atoms with van der Waals surface area (Å²) in [6, 6.07) is 2.00. The standard InChI is InChI=1S/C23H31Cl2NO3/c1-12(2)18-15(24)10-14-19(20(18)25)16(26-29-13(3)4)11-17-22(14,5)8-7-9-23(17,6)21(27)28/h10,12-13,17H,7-9,11H2,1-6H3,(H,27,28)/b26-16+/t17-,22-,23-/m1/s1. The van der Waals surface area contributed by atoms with Crippen molar-refractivity contribution in [1.29, 1.82) is 0 Å². The third-order valence-electron chi connectivity index (χ3n) is 6.93. The van der Waals surface area contributed by atoms with Gasteiger partial charge in [0.1, 0.15) is 6.10 Å². The molecule has 2 aliphatic carbocycles. The zero-order chi connectivity index (χ0) is 21.7. The molecule has 2 aliphatic rings. The molecule has 1 fully saturated rings. The molecule has 0 heterocycles. The highest BCUT2D eigenvalue weighted by atomic mass is 35.5. The zero-order valence-corrected chi connectivity index (χ0v) is 19.6. The zero-order valence-electron chi connectivity index (χ0n) is 18.1. The lowest BCUT2D eigenvalue weighted by molar-refractivity contribution is -0.156. The molecule has 1 saturated carbocycles. The van der Waals surface area contributed by atoms with Gasteiger partial charge in [-0.15, -0.1) is 0 Å². The van der Waals surface area contributed by atoms with Crippen LogP contribution < -0.4 is 0 Å². The number of hydrogen-bond acceptors (Lipinski definition) is 3. The van der Waals surface area contributed by atoms with Crippen LogP contribution in [0, 0.1) is 11.3 Å². The topological polar surface area (TPSA) is 58.9 Å². The van der Waals surface area contributed by atoms with Gasteiger partial charge in [-0.3, -0.25) is 4.79 Å². The molecule has 0 aliphatic heterocycles. The molecule has 1 aromatic rings. The molecule has 4 nitrogen and oxygen atoms in total. The predicted molar refractivity (Wildman–Crippen MR) is 118 cm³/mol. The highest BCUT2D eigenvalue weighted by Crippen LogP contribution is 2.59. The summed E-state index contributed by atoms with van der Waals surface area (Å²) in [7, 11) is 0. The quantitative estimate of drug-likeness (QED) is 0.524. The molecule has 0 saturated heterocycles. The lowest BCUT2D eigenvalue weighted by atomic mass is 9.49. The van der Waals surface area contributed by atoms with Crippen molar-refractivity contribution in [2.24, 2.45) is 16.5 Å². The summed E-state index contributed by atoms with van der Waals surface area (Å²) in [4.78, 5) is 17.9. The average Bonchev–Trinajstić information content (AvgIpc) is 2.60. The Hall–Kier alpha value is -1.26. The van der Waals surface area contributed by atoms with Gasteiger partial charge in [-0.1, -0.05) is 55.5 Å². The predicted octanol–water partition coefficient (Wildman–Crippen LogP) is 6.80. The summed E-state index contributed by atoms with van der Waals surface area (Å²) < 4.78 is 0. The van der Waals surface area contributed by atoms with Crippen molar-refractivity contribution in [2.75, 3.05) is 0 Å². The van der Waals surface area contributed by atoms with Gasteiger partial charge in [0.25, 0.3) is 0 Å². The highest BCUT2D eigenvalue weighted by molar-refractivity contribution is 6.39. The van der Waals surface area contributed by atoms with E-state index in [1.165, 1.54) is 0 Å². The van der Waals surface area contributed by atoms with Crippen molar-refractivity contribution in [2.45, 2.75) is 84.7 Å². The van der Waals surface area contributed by atoms with Crippen LogP contribution in [-0.4, -0.2) is 22.9 Å². The smallest absolute Gasteiger partial charge is 0.309 e. The van der Waals surface area contributed by atoms with E-state index < -0.39 is 11.4 Å². The van der Waals surface area contributed by atoms with E-state index in [0.29, 0.717) is 22.9 Å². The molecule has 3 atom stereocenters. The summed E-state index contributed by atoms with van der Waals surface area (Å²) in [5.41, 5.74) is 2.36. The largest absolute Gasteiger partial charge is 0.481 e. The summed E-state index contributed by atoms with van der Waals surface area (Å²) in [5.74, 6) is -0.703. The minimum Gasteiger partial charge on any atom is -0.481 e. The molecule has 0 aromatic heterocycles. The lowest BCUT2D eigenvalue weighted by Crippen LogP contribution is -2.53. The van der Waals surface area contributed by atoms with Crippen LogP contribution in [0.25, 0.3) is 0 Å². The number of benzene rings is 1. The first-order valence-corrected chi connectivity index (χ1v) is 11.2. The van der Waals surface area contributed by atoms with Crippen molar-refractivity contribution in [3.8, 4) is 0 Å². The number of nitrogens with zero attached hydrogens (tertiary/aromatic N) is 1. The molecule has 0 unspecified atom stereocenters. The van der Waals surface area contributed by atoms with E-state index in [9.17, 15) is 9.90 Å². The molecule has 160 valence electrons. The summed E-state index contributed by atoms with van der Waals surface area (Å²) in [5, 5.41) is 15.8. The Kier molecular flexibility index (Phi) is 6.01. The summed E-state index contributed by atoms with van der Waals surface area (Å²) in [6.07, 6.45) is 2.86. The molecule has 3 rings (SSSR count). The number of carbonyl (C=O) groups is 1. The van der Waals surface area contributed by atoms with Crippen LogP contribution in [0.4, 0.5) is 0 Å². The number of halogens is 2. The van der Waals surface area contributed by atoms with Gasteiger partial charge >= 0.3 is 5.97 Å². The van der Waals surface area contributed by atoms with Crippen molar-refractivity contribution < 1.29 is 14.7 Å². The fraction of sp³-hybridized carbons (Fsp3) is 0.652. The normalized spacial score (nSPS) is 30.4. The third-order valence-corrected chi connectivity index (χ3v) is 7.63. The Morgan fingerprint density at radius 3 is 2.45 bits per heavy atom. The Morgan fingerprint density at radius 1 is 1.24 bits per heavy atom. The van der Waals surface area contributed by atoms with Crippen LogP contribution in [-0.2, 0) is 15.0 Å². The van der Waals surface area contributed by atoms with Crippen LogP contribution in [0.5, 0.6) is 0 Å². The van der Waals surface area contributed by atoms with Crippen LogP contribution in [0.2, 0.25) is 10.0 Å². The van der Waals surface area contributed by atoms with Gasteiger partial charge in [-0.2, -0.15) is 0 Å². The number of fused-ring (bicyclic) bond motifs is 3. The molecule has 1 N–H and O–H groups in total. The molecule has 29 heavy (non-hydrogen) atoms. The molecule has 0 radical (unpaired) electrons. The Bertz CT molecular complexity index is 864. The fourth-order valence-corrected chi connectivity index (χ4v) is 6.35. The molecule has 1 aromatic carbocycles. The first-order chi connectivity index (χ1) is 13.4. The monoisotopic (exact) mass is 439 g/mol. The Balaban J connectivity index is 2.31. The first kappa shape index (κ1) is 22.4. The molecule has 0 bridgehead atoms. The number of aliphatic carboxylic acids is 1. The number of carboxylic acids is 1. The lowest BCUT2D eigenvalue weighted by Gasteiger charge is -2.53. The molecular formula is C23H31Cl2NO3. The maximum Gasteiger partial charge on any atom is 0.309 e. The van der Waals surface area contributed by atoms with Crippen molar-refractivity contribution in [1.82, 2.24) is 0 Å². The van der Waals surface area contributed by atoms with Crippen LogP contribution in [0.3, 0.4) is 0 Å². The maximum atomic E-state index is 12.3. The van der Waals surface area contributed by atoms with E-state index in [1.54, 1.807) is 0 Å². The Morgan fingerprint density at radius 2 is 1.90 bits per heavy atom. The Labute approximate surface area is 183 Å². The number of hydrogen-bond donors (Lipinski definition) is 1. The second-order valence-corrected chi connectivity index (χ2v) is 10.4. The number of oxime groups is 1. The van der Waals surface area contributed by atoms with E-state index >= 15 is 0 Å². The van der Waals surface area contributed by atoms with E-state index in [2.05, 4.69) is 25.9 Å². The molecule has 6 heteroatoms. The van der Waals surface area contributed by atoms with Gasteiger partial charge in [0.2, 0.25) is 0 Å². The molecule has 0 spiro atoms. The second-order valence-electron chi connectivity index (χ2n) is 9.61. The second kappa shape index (κ2) is 7.77. The van der Waals surface area contributed by atoms with Gasteiger partial charge in [-0.25, -0.2) is 0 Å². The van der Waals surface area contributed by atoms with E-state index in [-0.39, 0.29) is 23.4 Å².